The molecule has 0 aromatic heterocycles. The van der Waals surface area contributed by atoms with Crippen molar-refractivity contribution in [3.63, 3.8) is 0 Å². The molecule has 1 atom stereocenters. The maximum absolute atomic E-state index is 13.7. The van der Waals surface area contributed by atoms with Crippen molar-refractivity contribution in [3.8, 4) is 11.5 Å². The summed E-state index contributed by atoms with van der Waals surface area (Å²) in [6.07, 6.45) is 1.11. The van der Waals surface area contributed by atoms with E-state index in [-0.39, 0.29) is 30.7 Å². The van der Waals surface area contributed by atoms with Crippen LogP contribution in [0.15, 0.2) is 72.8 Å². The largest absolute Gasteiger partial charge is 0.497 e. The summed E-state index contributed by atoms with van der Waals surface area (Å²) in [5.41, 5.74) is 1.76. The Labute approximate surface area is 241 Å². The predicted molar refractivity (Wildman–Crippen MR) is 157 cm³/mol. The molecule has 1 N–H and O–H groups in total. The van der Waals surface area contributed by atoms with Gasteiger partial charge in [-0.2, -0.15) is 0 Å². The molecule has 0 saturated heterocycles. The van der Waals surface area contributed by atoms with Crippen LogP contribution >= 0.6 is 23.2 Å². The molecule has 2 amide bonds. The third-order valence-corrected chi connectivity index (χ3v) is 6.89. The lowest BCUT2D eigenvalue weighted by atomic mass is 10.0. The number of benzene rings is 3. The summed E-state index contributed by atoms with van der Waals surface area (Å²) in [5, 5.41) is 3.86. The van der Waals surface area contributed by atoms with Crippen molar-refractivity contribution in [1.29, 1.82) is 0 Å². The van der Waals surface area contributed by atoms with E-state index in [9.17, 15) is 9.59 Å². The van der Waals surface area contributed by atoms with Crippen molar-refractivity contribution in [2.75, 3.05) is 20.3 Å². The highest BCUT2D eigenvalue weighted by atomic mass is 35.5. The van der Waals surface area contributed by atoms with Crippen LogP contribution in [0.4, 0.5) is 0 Å². The van der Waals surface area contributed by atoms with E-state index in [0.29, 0.717) is 41.8 Å². The molecule has 0 saturated carbocycles. The lowest BCUT2D eigenvalue weighted by molar-refractivity contribution is -0.141. The first-order valence-corrected chi connectivity index (χ1v) is 13.8. The Balaban J connectivity index is 1.79. The quantitative estimate of drug-likeness (QED) is 0.222. The van der Waals surface area contributed by atoms with Crippen LogP contribution in [-0.2, 0) is 22.6 Å². The van der Waals surface area contributed by atoms with Crippen LogP contribution in [0.1, 0.15) is 37.8 Å². The molecule has 8 heteroatoms. The Morgan fingerprint density at radius 2 is 1.59 bits per heavy atom. The molecular formula is C31H36Cl2N2O4. The molecule has 3 aromatic carbocycles. The van der Waals surface area contributed by atoms with E-state index in [1.165, 1.54) is 0 Å². The second-order valence-corrected chi connectivity index (χ2v) is 10.6. The van der Waals surface area contributed by atoms with Crippen LogP contribution in [-0.4, -0.2) is 43.0 Å². The Hall–Kier alpha value is -3.22. The van der Waals surface area contributed by atoms with Gasteiger partial charge in [0, 0.05) is 25.9 Å². The number of nitrogens with one attached hydrogen (secondary N) is 1. The number of ether oxygens (including phenoxy) is 2. The second kappa shape index (κ2) is 15.4. The van der Waals surface area contributed by atoms with Gasteiger partial charge in [0.25, 0.3) is 0 Å². The highest BCUT2D eigenvalue weighted by Crippen LogP contribution is 2.25. The van der Waals surface area contributed by atoms with Crippen molar-refractivity contribution in [3.05, 3.63) is 94.0 Å². The molecule has 39 heavy (non-hydrogen) atoms. The third kappa shape index (κ3) is 9.79. The van der Waals surface area contributed by atoms with Gasteiger partial charge in [-0.1, -0.05) is 73.4 Å². The van der Waals surface area contributed by atoms with Gasteiger partial charge < -0.3 is 19.7 Å². The normalized spacial score (nSPS) is 11.6. The molecule has 3 aromatic rings. The molecule has 6 nitrogen and oxygen atoms in total. The number of hydrogen-bond acceptors (Lipinski definition) is 4. The van der Waals surface area contributed by atoms with E-state index in [0.717, 1.165) is 16.9 Å². The number of carbonyl (C=O) groups excluding carboxylic acids is 2. The maximum Gasteiger partial charge on any atom is 0.243 e. The van der Waals surface area contributed by atoms with E-state index < -0.39 is 6.04 Å². The third-order valence-electron chi connectivity index (χ3n) is 6.16. The smallest absolute Gasteiger partial charge is 0.243 e. The number of rotatable bonds is 14. The molecule has 0 aliphatic carbocycles. The monoisotopic (exact) mass is 570 g/mol. The van der Waals surface area contributed by atoms with E-state index in [1.807, 2.05) is 74.5 Å². The molecule has 0 spiro atoms. The maximum atomic E-state index is 13.7. The van der Waals surface area contributed by atoms with Crippen molar-refractivity contribution in [2.24, 2.45) is 5.92 Å². The van der Waals surface area contributed by atoms with Crippen LogP contribution in [0, 0.1) is 5.92 Å². The zero-order valence-corrected chi connectivity index (χ0v) is 24.2. The lowest BCUT2D eigenvalue weighted by Crippen LogP contribution is -2.51. The minimum Gasteiger partial charge on any atom is -0.497 e. The average Bonchev–Trinajstić information content (AvgIpc) is 2.94. The fourth-order valence-electron chi connectivity index (χ4n) is 4.04. The van der Waals surface area contributed by atoms with Crippen LogP contribution in [0.2, 0.25) is 10.0 Å². The first kappa shape index (κ1) is 30.3. The fraction of sp³-hybridized carbons (Fsp3) is 0.355. The molecule has 0 radical (unpaired) electrons. The molecule has 0 aliphatic rings. The molecule has 0 fully saturated rings. The lowest BCUT2D eigenvalue weighted by Gasteiger charge is -2.32. The molecule has 3 rings (SSSR count). The number of hydrogen-bond donors (Lipinski definition) is 1. The van der Waals surface area contributed by atoms with Crippen molar-refractivity contribution >= 4 is 35.0 Å². The summed E-state index contributed by atoms with van der Waals surface area (Å²) in [6, 6.07) is 21.6. The number of nitrogens with zero attached hydrogens (tertiary/aromatic N) is 1. The fourth-order valence-corrected chi connectivity index (χ4v) is 4.36. The molecular weight excluding hydrogens is 535 g/mol. The zero-order valence-electron chi connectivity index (χ0n) is 22.7. The first-order valence-electron chi connectivity index (χ1n) is 13.1. The summed E-state index contributed by atoms with van der Waals surface area (Å²) in [5.74, 6) is 1.40. The summed E-state index contributed by atoms with van der Waals surface area (Å²) < 4.78 is 11.0. The SMILES string of the molecule is COc1ccc(OCCCC(=O)N(Cc2ccc(Cl)c(Cl)c2)[C@H](Cc2ccccc2)C(=O)NCC(C)C)cc1. The molecule has 0 bridgehead atoms. The number of carbonyl (C=O) groups is 2. The van der Waals surface area contributed by atoms with Crippen LogP contribution in [0.3, 0.4) is 0 Å². The van der Waals surface area contributed by atoms with E-state index in [1.54, 1.807) is 24.1 Å². The van der Waals surface area contributed by atoms with Gasteiger partial charge in [-0.25, -0.2) is 0 Å². The van der Waals surface area contributed by atoms with Crippen LogP contribution < -0.4 is 14.8 Å². The van der Waals surface area contributed by atoms with Crippen LogP contribution in [0.5, 0.6) is 11.5 Å². The van der Waals surface area contributed by atoms with Gasteiger partial charge in [-0.05, 0) is 59.9 Å². The number of methoxy groups -OCH3 is 1. The van der Waals surface area contributed by atoms with Gasteiger partial charge in [0.15, 0.2) is 0 Å². The van der Waals surface area contributed by atoms with E-state index in [2.05, 4.69) is 5.32 Å². The molecule has 0 aliphatic heterocycles. The molecule has 208 valence electrons. The Bertz CT molecular complexity index is 1200. The van der Waals surface area contributed by atoms with Gasteiger partial charge >= 0.3 is 0 Å². The van der Waals surface area contributed by atoms with Gasteiger partial charge in [0.05, 0.1) is 23.8 Å². The van der Waals surface area contributed by atoms with Crippen molar-refractivity contribution in [2.45, 2.75) is 45.7 Å². The zero-order chi connectivity index (χ0) is 28.2. The highest BCUT2D eigenvalue weighted by molar-refractivity contribution is 6.42. The van der Waals surface area contributed by atoms with Gasteiger partial charge in [0.1, 0.15) is 17.5 Å². The van der Waals surface area contributed by atoms with Gasteiger partial charge in [0.2, 0.25) is 11.8 Å². The Kier molecular flexibility index (Phi) is 12.0. The minimum atomic E-state index is -0.699. The average molecular weight is 572 g/mol. The Morgan fingerprint density at radius 3 is 2.23 bits per heavy atom. The van der Waals surface area contributed by atoms with Crippen molar-refractivity contribution in [1.82, 2.24) is 10.2 Å². The standard InChI is InChI=1S/C31H36Cl2N2O4/c1-22(2)20-34-31(37)29(19-23-8-5-4-6-9-23)35(21-24-11-16-27(32)28(33)18-24)30(36)10-7-17-39-26-14-12-25(38-3)13-15-26/h4-6,8-9,11-16,18,22,29H,7,10,17,19-21H2,1-3H3,(H,34,37)/t29-/m1/s1. The highest BCUT2D eigenvalue weighted by Gasteiger charge is 2.30. The number of halogens is 2. The van der Waals surface area contributed by atoms with Crippen molar-refractivity contribution < 1.29 is 19.1 Å². The Morgan fingerprint density at radius 1 is 0.897 bits per heavy atom. The summed E-state index contributed by atoms with van der Waals surface area (Å²) >= 11 is 12.4. The first-order chi connectivity index (χ1) is 18.8. The predicted octanol–water partition coefficient (Wildman–Crippen LogP) is 6.57. The second-order valence-electron chi connectivity index (χ2n) is 9.74. The van der Waals surface area contributed by atoms with Crippen LogP contribution in [0.25, 0.3) is 0 Å². The molecule has 0 heterocycles. The minimum absolute atomic E-state index is 0.139. The summed E-state index contributed by atoms with van der Waals surface area (Å²) in [6.45, 7) is 5.18. The summed E-state index contributed by atoms with van der Waals surface area (Å²) in [7, 11) is 1.61. The van der Waals surface area contributed by atoms with E-state index >= 15 is 0 Å². The number of amides is 2. The summed E-state index contributed by atoms with van der Waals surface area (Å²) in [4.78, 5) is 28.8. The van der Waals surface area contributed by atoms with E-state index in [4.69, 9.17) is 32.7 Å². The topological polar surface area (TPSA) is 67.9 Å². The molecule has 0 unspecified atom stereocenters. The van der Waals surface area contributed by atoms with Gasteiger partial charge in [-0.15, -0.1) is 0 Å². The van der Waals surface area contributed by atoms with Gasteiger partial charge in [-0.3, -0.25) is 9.59 Å².